The number of rotatable bonds is 7. The van der Waals surface area contributed by atoms with Crippen molar-refractivity contribution in [2.24, 2.45) is 0 Å². The molecule has 2 N–H and O–H groups in total. The molecule has 0 aromatic carbocycles. The Kier molecular flexibility index (Phi) is 5.51. The van der Waals surface area contributed by atoms with Crippen LogP contribution in [-0.4, -0.2) is 71.7 Å². The molecule has 0 spiro atoms. The highest BCUT2D eigenvalue weighted by atomic mass is 16.2. The van der Waals surface area contributed by atoms with E-state index in [1.54, 1.807) is 32.0 Å². The summed E-state index contributed by atoms with van der Waals surface area (Å²) < 4.78 is 0. The van der Waals surface area contributed by atoms with Crippen LogP contribution >= 0.6 is 0 Å². The second-order valence-electron chi connectivity index (χ2n) is 4.97. The Morgan fingerprint density at radius 2 is 1.23 bits per heavy atom. The number of amides is 2. The Morgan fingerprint density at radius 3 is 1.55 bits per heavy atom. The van der Waals surface area contributed by atoms with Crippen LogP contribution in [0.15, 0.2) is 24.8 Å². The molecule has 0 atom stereocenters. The standard InChI is InChI=1S/C14H20N6O2/c1-17-5-7-19(11-17)9-13(21)15-3-4-16-14(22)10-20-8-6-18(2)12-20/h5-8H,3-4,9-10H2,1-2H3,(H,15,21)(H,16,22). The average molecular weight is 304 g/mol. The molecule has 0 saturated carbocycles. The summed E-state index contributed by atoms with van der Waals surface area (Å²) in [6.45, 7) is 7.08. The monoisotopic (exact) mass is 304 g/mol. The van der Waals surface area contributed by atoms with Crippen molar-refractivity contribution in [2.75, 3.05) is 40.3 Å². The number of hydrogen-bond acceptors (Lipinski definition) is 6. The van der Waals surface area contributed by atoms with Crippen LogP contribution in [0.5, 0.6) is 0 Å². The van der Waals surface area contributed by atoms with Gasteiger partial charge in [0.1, 0.15) is 0 Å². The zero-order valence-electron chi connectivity index (χ0n) is 12.7. The predicted molar refractivity (Wildman–Crippen MR) is 79.7 cm³/mol. The summed E-state index contributed by atoms with van der Waals surface area (Å²) in [4.78, 5) is 30.2. The molecule has 0 unspecified atom stereocenters. The summed E-state index contributed by atoms with van der Waals surface area (Å²) in [5, 5.41) is 5.48. The van der Waals surface area contributed by atoms with Crippen molar-refractivity contribution >= 4 is 11.8 Å². The zero-order chi connectivity index (χ0) is 15.9. The van der Waals surface area contributed by atoms with E-state index in [4.69, 9.17) is 0 Å². The molecule has 0 bridgehead atoms. The molecule has 2 rings (SSSR count). The van der Waals surface area contributed by atoms with Crippen molar-refractivity contribution in [1.29, 1.82) is 0 Å². The first-order valence-corrected chi connectivity index (χ1v) is 6.94. The van der Waals surface area contributed by atoms with Crippen LogP contribution in [0.4, 0.5) is 0 Å². The molecule has 0 aliphatic carbocycles. The van der Waals surface area contributed by atoms with E-state index in [-0.39, 0.29) is 24.9 Å². The Morgan fingerprint density at radius 1 is 0.818 bits per heavy atom. The number of carbonyl (C=O) groups excluding carboxylic acids is 2. The summed E-state index contributed by atoms with van der Waals surface area (Å²) in [5.41, 5.74) is 0. The van der Waals surface area contributed by atoms with Crippen molar-refractivity contribution in [3.8, 4) is 0 Å². The molecule has 0 aromatic heterocycles. The molecule has 118 valence electrons. The van der Waals surface area contributed by atoms with Crippen LogP contribution in [0.2, 0.25) is 0 Å². The van der Waals surface area contributed by atoms with E-state index in [1.807, 2.05) is 26.5 Å². The molecule has 0 aromatic rings. The van der Waals surface area contributed by atoms with Crippen LogP contribution in [-0.2, 0) is 9.59 Å². The van der Waals surface area contributed by atoms with Gasteiger partial charge in [0, 0.05) is 52.0 Å². The van der Waals surface area contributed by atoms with Gasteiger partial charge in [-0.1, -0.05) is 0 Å². The largest absolute Gasteiger partial charge is 0.353 e. The van der Waals surface area contributed by atoms with Gasteiger partial charge in [0.25, 0.3) is 0 Å². The fourth-order valence-corrected chi connectivity index (χ4v) is 1.90. The maximum atomic E-state index is 11.7. The second kappa shape index (κ2) is 7.58. The molecule has 4 radical (unpaired) electrons. The third kappa shape index (κ3) is 5.19. The Bertz CT molecular complexity index is 422. The first-order valence-electron chi connectivity index (χ1n) is 6.94. The number of carbonyl (C=O) groups is 2. The van der Waals surface area contributed by atoms with Gasteiger partial charge in [0.15, 0.2) is 0 Å². The third-order valence-electron chi connectivity index (χ3n) is 2.91. The lowest BCUT2D eigenvalue weighted by Crippen LogP contribution is -2.40. The maximum Gasteiger partial charge on any atom is 0.239 e. The average Bonchev–Trinajstić information content (AvgIpc) is 3.04. The van der Waals surface area contributed by atoms with Crippen LogP contribution in [0.1, 0.15) is 0 Å². The minimum Gasteiger partial charge on any atom is -0.353 e. The van der Waals surface area contributed by atoms with Gasteiger partial charge < -0.3 is 30.2 Å². The lowest BCUT2D eigenvalue weighted by atomic mass is 10.4. The highest BCUT2D eigenvalue weighted by molar-refractivity contribution is 5.79. The van der Waals surface area contributed by atoms with Crippen molar-refractivity contribution in [1.82, 2.24) is 30.2 Å². The van der Waals surface area contributed by atoms with E-state index >= 15 is 0 Å². The Hall–Kier alpha value is -2.38. The molecule has 0 fully saturated rings. The minimum atomic E-state index is -0.118. The molecule has 2 aliphatic heterocycles. The van der Waals surface area contributed by atoms with Crippen molar-refractivity contribution in [3.63, 3.8) is 0 Å². The minimum absolute atomic E-state index is 0.118. The van der Waals surface area contributed by atoms with E-state index in [0.717, 1.165) is 0 Å². The smallest absolute Gasteiger partial charge is 0.239 e. The van der Waals surface area contributed by atoms with E-state index in [9.17, 15) is 9.59 Å². The van der Waals surface area contributed by atoms with Crippen LogP contribution in [0.3, 0.4) is 0 Å². The Balaban J connectivity index is 1.51. The number of nitrogens with zero attached hydrogens (tertiary/aromatic N) is 4. The Labute approximate surface area is 131 Å². The van der Waals surface area contributed by atoms with E-state index < -0.39 is 0 Å². The predicted octanol–water partition coefficient (Wildman–Crippen LogP) is -1.35. The van der Waals surface area contributed by atoms with E-state index in [0.29, 0.717) is 13.1 Å². The summed E-state index contributed by atoms with van der Waals surface area (Å²) in [7, 11) is 3.68. The summed E-state index contributed by atoms with van der Waals surface area (Å²) in [6.07, 6.45) is 7.17. The van der Waals surface area contributed by atoms with Gasteiger partial charge >= 0.3 is 0 Å². The molecular formula is C14H20N6O2. The fraction of sp³-hybridized carbons (Fsp3) is 0.429. The molecule has 0 saturated heterocycles. The van der Waals surface area contributed by atoms with Gasteiger partial charge in [-0.3, -0.25) is 9.59 Å². The van der Waals surface area contributed by atoms with Crippen LogP contribution in [0.25, 0.3) is 0 Å². The highest BCUT2D eigenvalue weighted by Crippen LogP contribution is 2.07. The van der Waals surface area contributed by atoms with Gasteiger partial charge in [0.2, 0.25) is 25.2 Å². The molecule has 22 heavy (non-hydrogen) atoms. The van der Waals surface area contributed by atoms with Gasteiger partial charge in [-0.15, -0.1) is 0 Å². The molecule has 8 nitrogen and oxygen atoms in total. The van der Waals surface area contributed by atoms with Gasteiger partial charge in [-0.2, -0.15) is 0 Å². The quantitative estimate of drug-likeness (QED) is 0.567. The number of nitrogens with one attached hydrogen (secondary N) is 2. The molecule has 2 amide bonds. The zero-order valence-corrected chi connectivity index (χ0v) is 12.7. The first kappa shape index (κ1) is 16.0. The van der Waals surface area contributed by atoms with Gasteiger partial charge in [0.05, 0.1) is 13.1 Å². The maximum absolute atomic E-state index is 11.7. The van der Waals surface area contributed by atoms with Gasteiger partial charge in [-0.25, -0.2) is 0 Å². The molecular weight excluding hydrogens is 284 g/mol. The fourth-order valence-electron chi connectivity index (χ4n) is 1.90. The highest BCUT2D eigenvalue weighted by Gasteiger charge is 2.15. The molecule has 2 aliphatic rings. The normalized spacial score (nSPS) is 16.6. The van der Waals surface area contributed by atoms with Crippen molar-refractivity contribution in [2.45, 2.75) is 0 Å². The first-order chi connectivity index (χ1) is 10.5. The second-order valence-corrected chi connectivity index (χ2v) is 4.97. The van der Waals surface area contributed by atoms with E-state index in [2.05, 4.69) is 24.0 Å². The van der Waals surface area contributed by atoms with Crippen LogP contribution < -0.4 is 10.6 Å². The topological polar surface area (TPSA) is 71.2 Å². The third-order valence-corrected chi connectivity index (χ3v) is 2.91. The van der Waals surface area contributed by atoms with Gasteiger partial charge in [-0.05, 0) is 0 Å². The van der Waals surface area contributed by atoms with Crippen molar-refractivity contribution in [3.05, 3.63) is 38.1 Å². The van der Waals surface area contributed by atoms with Crippen molar-refractivity contribution < 1.29 is 9.59 Å². The summed E-state index contributed by atoms with van der Waals surface area (Å²) in [5.74, 6) is -0.236. The lowest BCUT2D eigenvalue weighted by molar-refractivity contribution is -0.123. The molecule has 8 heteroatoms. The van der Waals surface area contributed by atoms with Crippen LogP contribution in [0, 0.1) is 13.3 Å². The lowest BCUT2D eigenvalue weighted by Gasteiger charge is -2.16. The summed E-state index contributed by atoms with van der Waals surface area (Å²) in [6, 6.07) is 0. The number of hydrogen-bond donors (Lipinski definition) is 2. The SMILES string of the molecule is CN1[C]N(CC(=O)NCCNC(=O)CN2[C]N(C)C=C2)C=C1. The van der Waals surface area contributed by atoms with E-state index in [1.165, 1.54) is 0 Å². The summed E-state index contributed by atoms with van der Waals surface area (Å²) >= 11 is 0. The molecule has 2 heterocycles.